The lowest BCUT2D eigenvalue weighted by atomic mass is 9.92. The molecule has 0 atom stereocenters. The first-order valence-corrected chi connectivity index (χ1v) is 13.0. The maximum atomic E-state index is 12.7. The van der Waals surface area contributed by atoms with Gasteiger partial charge in [0.05, 0.1) is 30.4 Å². The molecule has 0 bridgehead atoms. The highest BCUT2D eigenvalue weighted by Gasteiger charge is 2.25. The van der Waals surface area contributed by atoms with E-state index in [0.29, 0.717) is 79.3 Å². The Morgan fingerprint density at radius 3 is 2.51 bits per heavy atom. The molecule has 0 spiro atoms. The van der Waals surface area contributed by atoms with Gasteiger partial charge >= 0.3 is 5.82 Å². The zero-order valence-corrected chi connectivity index (χ0v) is 23.4. The standard InChI is InChI=1S/C29H35ClN4O5/c1-20-26(39-28(36)38-20)17-34(13-6-14-37-25-12-7-21(16-31-4)15-24(25)30)19-29(2,3)18-33-27(35)22-8-10-23(32-5)11-9-22/h7-12,15H,4-6,13-14,16-19H2,1-3H3,(H,33,35). The van der Waals surface area contributed by atoms with Gasteiger partial charge in [-0.3, -0.25) is 19.7 Å². The van der Waals surface area contributed by atoms with E-state index in [1.54, 1.807) is 31.2 Å². The van der Waals surface area contributed by atoms with Crippen LogP contribution in [0.2, 0.25) is 5.02 Å². The number of ether oxygens (including phenoxy) is 1. The summed E-state index contributed by atoms with van der Waals surface area (Å²) in [4.78, 5) is 34.1. The average molecular weight is 555 g/mol. The van der Waals surface area contributed by atoms with Crippen molar-refractivity contribution in [3.8, 4) is 5.75 Å². The zero-order valence-electron chi connectivity index (χ0n) is 22.7. The molecule has 1 N–H and O–H groups in total. The van der Waals surface area contributed by atoms with Gasteiger partial charge in [0, 0.05) is 25.2 Å². The quantitative estimate of drug-likeness (QED) is 0.197. The number of hydrogen-bond acceptors (Lipinski definition) is 8. The van der Waals surface area contributed by atoms with E-state index in [4.69, 9.17) is 25.2 Å². The number of benzene rings is 2. The molecule has 1 heterocycles. The van der Waals surface area contributed by atoms with E-state index in [2.05, 4.69) is 47.5 Å². The molecule has 0 aliphatic rings. The van der Waals surface area contributed by atoms with E-state index in [1.807, 2.05) is 18.2 Å². The van der Waals surface area contributed by atoms with Gasteiger partial charge < -0.3 is 18.9 Å². The SMILES string of the molecule is C=NCc1ccc(OCCCN(Cc2oc(=O)oc2C)CC(C)(C)CNC(=O)c2ccc(N=C)cc2)c(Cl)c1. The second kappa shape index (κ2) is 13.9. The van der Waals surface area contributed by atoms with Gasteiger partial charge in [0.2, 0.25) is 0 Å². The van der Waals surface area contributed by atoms with Crippen LogP contribution in [0, 0.1) is 12.3 Å². The number of nitrogens with one attached hydrogen (secondary N) is 1. The Morgan fingerprint density at radius 2 is 1.90 bits per heavy atom. The summed E-state index contributed by atoms with van der Waals surface area (Å²) < 4.78 is 16.2. The zero-order chi connectivity index (χ0) is 28.4. The summed E-state index contributed by atoms with van der Waals surface area (Å²) in [5.74, 6) is 0.645. The topological polar surface area (TPSA) is 110 Å². The van der Waals surface area contributed by atoms with Gasteiger partial charge in [0.1, 0.15) is 11.5 Å². The third-order valence-corrected chi connectivity index (χ3v) is 6.36. The molecule has 3 rings (SSSR count). The molecule has 1 aromatic heterocycles. The minimum atomic E-state index is -0.722. The van der Waals surface area contributed by atoms with Crippen LogP contribution in [0.15, 0.2) is 66.1 Å². The van der Waals surface area contributed by atoms with Crippen molar-refractivity contribution in [1.29, 1.82) is 0 Å². The highest BCUT2D eigenvalue weighted by Crippen LogP contribution is 2.26. The Morgan fingerprint density at radius 1 is 1.15 bits per heavy atom. The fourth-order valence-electron chi connectivity index (χ4n) is 4.10. The Hall–Kier alpha value is -3.69. The van der Waals surface area contributed by atoms with E-state index in [9.17, 15) is 9.59 Å². The Kier molecular flexibility index (Phi) is 10.7. The number of hydrogen-bond donors (Lipinski definition) is 1. The van der Waals surface area contributed by atoms with Crippen molar-refractivity contribution in [3.63, 3.8) is 0 Å². The van der Waals surface area contributed by atoms with Crippen LogP contribution < -0.4 is 15.9 Å². The smallest absolute Gasteiger partial charge is 0.492 e. The van der Waals surface area contributed by atoms with Crippen LogP contribution in [0.3, 0.4) is 0 Å². The van der Waals surface area contributed by atoms with Gasteiger partial charge in [-0.25, -0.2) is 4.79 Å². The molecule has 3 aromatic rings. The summed E-state index contributed by atoms with van der Waals surface area (Å²) >= 11 is 6.35. The van der Waals surface area contributed by atoms with E-state index in [1.165, 1.54) is 0 Å². The fraction of sp³-hybridized carbons (Fsp3) is 0.379. The van der Waals surface area contributed by atoms with E-state index < -0.39 is 5.82 Å². The highest BCUT2D eigenvalue weighted by molar-refractivity contribution is 6.32. The maximum Gasteiger partial charge on any atom is 0.519 e. The van der Waals surface area contributed by atoms with Crippen LogP contribution in [0.25, 0.3) is 0 Å². The van der Waals surface area contributed by atoms with Crippen LogP contribution in [0.4, 0.5) is 5.69 Å². The summed E-state index contributed by atoms with van der Waals surface area (Å²) in [6.45, 7) is 15.9. The van der Waals surface area contributed by atoms with Gasteiger partial charge in [-0.2, -0.15) is 0 Å². The fourth-order valence-corrected chi connectivity index (χ4v) is 4.35. The molecular formula is C29H35ClN4O5. The number of amides is 1. The second-order valence-corrected chi connectivity index (χ2v) is 10.5. The lowest BCUT2D eigenvalue weighted by molar-refractivity contribution is 0.0914. The first-order chi connectivity index (χ1) is 18.6. The lowest BCUT2D eigenvalue weighted by Crippen LogP contribution is -2.42. The molecule has 0 radical (unpaired) electrons. The minimum absolute atomic E-state index is 0.165. The van der Waals surface area contributed by atoms with E-state index in [-0.39, 0.29) is 11.3 Å². The molecule has 10 heteroatoms. The van der Waals surface area contributed by atoms with Crippen molar-refractivity contribution in [2.45, 2.75) is 40.3 Å². The normalized spacial score (nSPS) is 11.4. The van der Waals surface area contributed by atoms with Crippen LogP contribution >= 0.6 is 11.6 Å². The summed E-state index contributed by atoms with van der Waals surface area (Å²) in [5, 5.41) is 3.54. The molecule has 2 aromatic carbocycles. The van der Waals surface area contributed by atoms with Crippen molar-refractivity contribution in [1.82, 2.24) is 10.2 Å². The highest BCUT2D eigenvalue weighted by atomic mass is 35.5. The Bertz CT molecular complexity index is 1330. The molecule has 0 unspecified atom stereocenters. The van der Waals surface area contributed by atoms with Crippen LogP contribution in [0.5, 0.6) is 5.75 Å². The number of carbonyl (C=O) groups is 1. The van der Waals surface area contributed by atoms with Crippen molar-refractivity contribution in [3.05, 3.63) is 80.8 Å². The van der Waals surface area contributed by atoms with Gasteiger partial charge in [0.25, 0.3) is 5.91 Å². The first kappa shape index (κ1) is 29.9. The van der Waals surface area contributed by atoms with Crippen molar-refractivity contribution >= 4 is 36.6 Å². The van der Waals surface area contributed by atoms with Gasteiger partial charge in [-0.1, -0.05) is 31.5 Å². The first-order valence-electron chi connectivity index (χ1n) is 12.6. The maximum absolute atomic E-state index is 12.7. The number of rotatable bonds is 15. The number of aliphatic imine (C=N–C) groups is 2. The van der Waals surface area contributed by atoms with Gasteiger partial charge in [-0.15, -0.1) is 0 Å². The summed E-state index contributed by atoms with van der Waals surface area (Å²) in [5.41, 5.74) is 1.92. The summed E-state index contributed by atoms with van der Waals surface area (Å²) in [6, 6.07) is 12.5. The molecular weight excluding hydrogens is 520 g/mol. The molecule has 39 heavy (non-hydrogen) atoms. The lowest BCUT2D eigenvalue weighted by Gasteiger charge is -2.32. The molecule has 208 valence electrons. The summed E-state index contributed by atoms with van der Waals surface area (Å²) in [7, 11) is 0. The predicted molar refractivity (Wildman–Crippen MR) is 154 cm³/mol. The molecule has 0 saturated carbocycles. The van der Waals surface area contributed by atoms with Crippen LogP contribution in [0.1, 0.15) is 47.7 Å². The molecule has 0 aliphatic carbocycles. The third kappa shape index (κ3) is 9.23. The van der Waals surface area contributed by atoms with Crippen molar-refractivity contribution in [2.75, 3.05) is 26.2 Å². The summed E-state index contributed by atoms with van der Waals surface area (Å²) in [6.07, 6.45) is 0.694. The number of nitrogens with zero attached hydrogens (tertiary/aromatic N) is 3. The third-order valence-electron chi connectivity index (χ3n) is 6.06. The monoisotopic (exact) mass is 554 g/mol. The minimum Gasteiger partial charge on any atom is -0.492 e. The molecule has 1 amide bonds. The Labute approximate surface area is 233 Å². The van der Waals surface area contributed by atoms with Crippen molar-refractivity contribution in [2.24, 2.45) is 15.4 Å². The average Bonchev–Trinajstić information content (AvgIpc) is 3.22. The van der Waals surface area contributed by atoms with Gasteiger partial charge in [0.15, 0.2) is 5.76 Å². The van der Waals surface area contributed by atoms with E-state index in [0.717, 1.165) is 5.56 Å². The number of aryl methyl sites for hydroxylation is 1. The van der Waals surface area contributed by atoms with Crippen LogP contribution in [-0.4, -0.2) is 50.5 Å². The predicted octanol–water partition coefficient (Wildman–Crippen LogP) is 5.45. The molecule has 0 fully saturated rings. The molecule has 0 aliphatic heterocycles. The number of carbonyl (C=O) groups excluding carboxylic acids is 1. The van der Waals surface area contributed by atoms with E-state index >= 15 is 0 Å². The largest absolute Gasteiger partial charge is 0.519 e. The van der Waals surface area contributed by atoms with Crippen LogP contribution in [-0.2, 0) is 13.1 Å². The molecule has 9 nitrogen and oxygen atoms in total. The second-order valence-electron chi connectivity index (χ2n) is 10.0. The molecule has 0 saturated heterocycles. The Balaban J connectivity index is 1.60. The van der Waals surface area contributed by atoms with Crippen molar-refractivity contribution < 1.29 is 18.4 Å². The van der Waals surface area contributed by atoms with Gasteiger partial charge in [-0.05, 0) is 74.2 Å². The number of halogens is 1.